The number of fused-ring (bicyclic) bond motifs is 3. The summed E-state index contributed by atoms with van der Waals surface area (Å²) in [5.41, 5.74) is 12.4. The van der Waals surface area contributed by atoms with Crippen LogP contribution in [0.5, 0.6) is 0 Å². The van der Waals surface area contributed by atoms with Crippen LogP contribution >= 0.6 is 0 Å². The molecule has 2 aromatic heterocycles. The Hall–Kier alpha value is -6.71. The number of rotatable bonds is 6. The highest BCUT2D eigenvalue weighted by atomic mass is 14.9. The molecule has 0 fully saturated rings. The van der Waals surface area contributed by atoms with E-state index in [-0.39, 0.29) is 0 Å². The van der Waals surface area contributed by atoms with Gasteiger partial charge in [-0.2, -0.15) is 0 Å². The van der Waals surface area contributed by atoms with E-state index in [1.54, 1.807) is 0 Å². The van der Waals surface area contributed by atoms with Crippen molar-refractivity contribution in [1.29, 1.82) is 0 Å². The lowest BCUT2D eigenvalue weighted by Gasteiger charge is -2.15. The maximum Gasteiger partial charge on any atom is 0.160 e. The van der Waals surface area contributed by atoms with Gasteiger partial charge in [0, 0.05) is 38.4 Å². The second kappa shape index (κ2) is 12.7. The van der Waals surface area contributed by atoms with Gasteiger partial charge in [-0.25, -0.2) is 15.0 Å². The van der Waals surface area contributed by atoms with Gasteiger partial charge in [-0.1, -0.05) is 176 Å². The topological polar surface area (TPSA) is 38.7 Å². The molecule has 0 radical (unpaired) electrons. The molecule has 50 heavy (non-hydrogen) atoms. The quantitative estimate of drug-likeness (QED) is 0.170. The van der Waals surface area contributed by atoms with E-state index in [1.807, 2.05) is 30.3 Å². The van der Waals surface area contributed by atoms with Crippen LogP contribution in [0.15, 0.2) is 188 Å². The molecule has 0 aliphatic rings. The molecule has 234 valence electrons. The first kappa shape index (κ1) is 29.4. The molecule has 0 amide bonds. The molecule has 0 bridgehead atoms. The number of aromatic nitrogens is 3. The summed E-state index contributed by atoms with van der Waals surface area (Å²) in [5, 5.41) is 3.44. The lowest BCUT2D eigenvalue weighted by Crippen LogP contribution is -1.97. The molecule has 3 nitrogen and oxygen atoms in total. The van der Waals surface area contributed by atoms with Crippen molar-refractivity contribution in [3.8, 4) is 67.4 Å². The van der Waals surface area contributed by atoms with Crippen molar-refractivity contribution in [2.24, 2.45) is 0 Å². The van der Waals surface area contributed by atoms with Crippen LogP contribution in [0, 0.1) is 0 Å². The Bertz CT molecular complexity index is 2600. The molecule has 0 N–H and O–H groups in total. The predicted octanol–water partition coefficient (Wildman–Crippen LogP) is 12.2. The van der Waals surface area contributed by atoms with Gasteiger partial charge < -0.3 is 0 Å². The third-order valence-corrected chi connectivity index (χ3v) is 9.29. The first-order valence-electron chi connectivity index (χ1n) is 16.9. The fourth-order valence-electron chi connectivity index (χ4n) is 6.81. The maximum absolute atomic E-state index is 5.35. The largest absolute Gasteiger partial charge is 0.247 e. The van der Waals surface area contributed by atoms with E-state index in [0.29, 0.717) is 5.82 Å². The molecular weight excluding hydrogens is 607 g/mol. The Morgan fingerprint density at radius 1 is 0.300 bits per heavy atom. The molecule has 9 aromatic rings. The number of pyridine rings is 1. The summed E-state index contributed by atoms with van der Waals surface area (Å²) in [7, 11) is 0. The molecule has 9 rings (SSSR count). The molecular formula is C47H31N3. The zero-order chi connectivity index (χ0) is 33.3. The molecule has 0 atom stereocenters. The Kier molecular flexibility index (Phi) is 7.49. The number of benzene rings is 7. The van der Waals surface area contributed by atoms with Gasteiger partial charge in [0.15, 0.2) is 5.82 Å². The second-order valence-electron chi connectivity index (χ2n) is 12.4. The summed E-state index contributed by atoms with van der Waals surface area (Å²) in [6.45, 7) is 0. The third kappa shape index (κ3) is 5.51. The van der Waals surface area contributed by atoms with Gasteiger partial charge in [0.2, 0.25) is 0 Å². The monoisotopic (exact) mass is 637 g/mol. The lowest BCUT2D eigenvalue weighted by molar-refractivity contribution is 1.18. The Labute approximate surface area is 291 Å². The highest BCUT2D eigenvalue weighted by Gasteiger charge is 2.17. The van der Waals surface area contributed by atoms with Gasteiger partial charge in [0.05, 0.1) is 22.6 Å². The smallest absolute Gasteiger partial charge is 0.160 e. The normalized spacial score (nSPS) is 11.2. The van der Waals surface area contributed by atoms with E-state index in [2.05, 4.69) is 158 Å². The second-order valence-corrected chi connectivity index (χ2v) is 12.4. The van der Waals surface area contributed by atoms with E-state index in [1.165, 1.54) is 22.1 Å². The van der Waals surface area contributed by atoms with E-state index in [9.17, 15) is 0 Å². The van der Waals surface area contributed by atoms with E-state index < -0.39 is 0 Å². The van der Waals surface area contributed by atoms with Crippen LogP contribution < -0.4 is 0 Å². The first-order valence-corrected chi connectivity index (χ1v) is 16.9. The summed E-state index contributed by atoms with van der Waals surface area (Å²) in [6, 6.07) is 65.5. The molecule has 3 heteroatoms. The van der Waals surface area contributed by atoms with Crippen LogP contribution in [0.1, 0.15) is 0 Å². The minimum Gasteiger partial charge on any atom is -0.247 e. The third-order valence-electron chi connectivity index (χ3n) is 9.29. The van der Waals surface area contributed by atoms with Gasteiger partial charge in [0.25, 0.3) is 0 Å². The average Bonchev–Trinajstić information content (AvgIpc) is 3.21. The number of nitrogens with zero attached hydrogens (tertiary/aromatic N) is 3. The first-order chi connectivity index (χ1) is 24.8. The van der Waals surface area contributed by atoms with Crippen molar-refractivity contribution >= 4 is 21.7 Å². The molecule has 0 aliphatic heterocycles. The van der Waals surface area contributed by atoms with Gasteiger partial charge in [-0.3, -0.25) is 0 Å². The molecule has 7 aromatic carbocycles. The Balaban J connectivity index is 1.24. The SMILES string of the molecule is c1ccc(-c2ccc(-c3nc(-c4ccccc4)cc(-c4ccc5c(c4)nc(-c4ccccc4)c4cccc(-c6ccccc6)c45)n3)cc2)cc1. The minimum atomic E-state index is 0.684. The summed E-state index contributed by atoms with van der Waals surface area (Å²) in [6.07, 6.45) is 0. The van der Waals surface area contributed by atoms with Crippen molar-refractivity contribution in [2.45, 2.75) is 0 Å². The van der Waals surface area contributed by atoms with Crippen molar-refractivity contribution in [1.82, 2.24) is 15.0 Å². The van der Waals surface area contributed by atoms with E-state index >= 15 is 0 Å². The van der Waals surface area contributed by atoms with E-state index in [0.717, 1.165) is 61.2 Å². The van der Waals surface area contributed by atoms with Crippen LogP contribution in [-0.4, -0.2) is 15.0 Å². The van der Waals surface area contributed by atoms with Crippen LogP contribution in [0.2, 0.25) is 0 Å². The van der Waals surface area contributed by atoms with Gasteiger partial charge in [-0.15, -0.1) is 0 Å². The van der Waals surface area contributed by atoms with Crippen molar-refractivity contribution in [2.75, 3.05) is 0 Å². The highest BCUT2D eigenvalue weighted by Crippen LogP contribution is 2.40. The van der Waals surface area contributed by atoms with Crippen molar-refractivity contribution in [3.63, 3.8) is 0 Å². The van der Waals surface area contributed by atoms with Gasteiger partial charge in [0.1, 0.15) is 0 Å². The highest BCUT2D eigenvalue weighted by molar-refractivity contribution is 6.17. The molecule has 0 spiro atoms. The zero-order valence-corrected chi connectivity index (χ0v) is 27.2. The summed E-state index contributed by atoms with van der Waals surface area (Å²) >= 11 is 0. The van der Waals surface area contributed by atoms with E-state index in [4.69, 9.17) is 15.0 Å². The van der Waals surface area contributed by atoms with Gasteiger partial charge in [-0.05, 0) is 34.4 Å². The zero-order valence-electron chi connectivity index (χ0n) is 27.2. The van der Waals surface area contributed by atoms with Crippen LogP contribution in [0.25, 0.3) is 89.1 Å². The molecule has 0 unspecified atom stereocenters. The van der Waals surface area contributed by atoms with Crippen LogP contribution in [0.4, 0.5) is 0 Å². The molecule has 0 aliphatic carbocycles. The molecule has 0 saturated carbocycles. The maximum atomic E-state index is 5.35. The number of hydrogen-bond acceptors (Lipinski definition) is 3. The molecule has 2 heterocycles. The Morgan fingerprint density at radius 2 is 0.820 bits per heavy atom. The lowest BCUT2D eigenvalue weighted by atomic mass is 9.92. The average molecular weight is 638 g/mol. The van der Waals surface area contributed by atoms with Crippen LogP contribution in [0.3, 0.4) is 0 Å². The minimum absolute atomic E-state index is 0.684. The fraction of sp³-hybridized carbons (Fsp3) is 0. The summed E-state index contributed by atoms with van der Waals surface area (Å²) < 4.78 is 0. The molecule has 0 saturated heterocycles. The summed E-state index contributed by atoms with van der Waals surface area (Å²) in [5.74, 6) is 0.684. The van der Waals surface area contributed by atoms with Gasteiger partial charge >= 0.3 is 0 Å². The summed E-state index contributed by atoms with van der Waals surface area (Å²) in [4.78, 5) is 15.6. The van der Waals surface area contributed by atoms with Crippen molar-refractivity contribution < 1.29 is 0 Å². The predicted molar refractivity (Wildman–Crippen MR) is 207 cm³/mol. The number of hydrogen-bond donors (Lipinski definition) is 0. The van der Waals surface area contributed by atoms with Crippen LogP contribution in [-0.2, 0) is 0 Å². The fourth-order valence-corrected chi connectivity index (χ4v) is 6.81. The standard InChI is InChI=1S/C47H31N3/c1-5-14-32(15-6-1)33-24-26-37(27-25-33)47-49-42(35-18-9-3-10-19-35)31-43(50-47)38-28-29-40-44(30-38)48-46(36-20-11-4-12-21-36)41-23-13-22-39(45(40)41)34-16-7-2-8-17-34/h1-31H. The Morgan fingerprint density at radius 3 is 1.48 bits per heavy atom. The van der Waals surface area contributed by atoms with Crippen molar-refractivity contribution in [3.05, 3.63) is 188 Å².